The van der Waals surface area contributed by atoms with Gasteiger partial charge in [-0.1, -0.05) is 38.5 Å². The Balaban J connectivity index is 1.64. The van der Waals surface area contributed by atoms with Crippen LogP contribution in [0.5, 0.6) is 0 Å². The first-order chi connectivity index (χ1) is 14.2. The van der Waals surface area contributed by atoms with E-state index in [0.717, 1.165) is 36.8 Å². The summed E-state index contributed by atoms with van der Waals surface area (Å²) in [5, 5.41) is 7.03. The van der Waals surface area contributed by atoms with Crippen LogP contribution in [0.2, 0.25) is 0 Å². The van der Waals surface area contributed by atoms with Gasteiger partial charge in [0.2, 0.25) is 5.91 Å². The molecule has 1 aliphatic heterocycles. The summed E-state index contributed by atoms with van der Waals surface area (Å²) in [6.07, 6.45) is 14.7. The predicted molar refractivity (Wildman–Crippen MR) is 122 cm³/mol. The van der Waals surface area contributed by atoms with Crippen molar-refractivity contribution >= 4 is 17.3 Å². The molecule has 1 aromatic carbocycles. The topological polar surface area (TPSA) is 41.1 Å². The predicted octanol–water partition coefficient (Wildman–Crippen LogP) is 6.65. The second kappa shape index (κ2) is 8.77. The summed E-state index contributed by atoms with van der Waals surface area (Å²) in [5.41, 5.74) is 5.09. The molecule has 29 heavy (non-hydrogen) atoms. The van der Waals surface area contributed by atoms with Crippen molar-refractivity contribution in [2.24, 2.45) is 17.8 Å². The van der Waals surface area contributed by atoms with Crippen molar-refractivity contribution in [3.8, 4) is 0 Å². The van der Waals surface area contributed by atoms with Crippen molar-refractivity contribution in [1.29, 1.82) is 0 Å². The van der Waals surface area contributed by atoms with Gasteiger partial charge in [0.1, 0.15) is 0 Å². The molecule has 3 nitrogen and oxygen atoms in total. The highest BCUT2D eigenvalue weighted by atomic mass is 16.1. The first-order valence-electron chi connectivity index (χ1n) is 11.7. The minimum absolute atomic E-state index is 0.138. The Bertz CT molecular complexity index is 809. The van der Waals surface area contributed by atoms with Gasteiger partial charge in [0, 0.05) is 17.8 Å². The van der Waals surface area contributed by atoms with Crippen LogP contribution in [0.4, 0.5) is 11.4 Å². The van der Waals surface area contributed by atoms with E-state index in [4.69, 9.17) is 0 Å². The highest BCUT2D eigenvalue weighted by Crippen LogP contribution is 2.61. The van der Waals surface area contributed by atoms with Crippen molar-refractivity contribution in [2.75, 3.05) is 10.6 Å². The number of allylic oxidation sites excluding steroid dienone is 2. The number of unbranched alkanes of at least 4 members (excludes halogenated alkanes) is 1. The Morgan fingerprint density at radius 1 is 1.24 bits per heavy atom. The molecule has 2 fully saturated rings. The average molecular weight is 393 g/mol. The monoisotopic (exact) mass is 392 g/mol. The molecule has 156 valence electrons. The van der Waals surface area contributed by atoms with Crippen molar-refractivity contribution in [2.45, 2.75) is 77.7 Å². The van der Waals surface area contributed by atoms with Crippen LogP contribution in [0, 0.1) is 17.8 Å². The summed E-state index contributed by atoms with van der Waals surface area (Å²) in [6.45, 7) is 6.49. The number of carbonyl (C=O) groups excluding carboxylic acids is 1. The fraction of sp³-hybridized carbons (Fsp3) is 0.577. The fourth-order valence-corrected chi connectivity index (χ4v) is 6.09. The van der Waals surface area contributed by atoms with Gasteiger partial charge in [0.05, 0.1) is 6.04 Å². The van der Waals surface area contributed by atoms with Gasteiger partial charge < -0.3 is 10.6 Å². The van der Waals surface area contributed by atoms with E-state index in [1.807, 2.05) is 0 Å². The van der Waals surface area contributed by atoms with Crippen LogP contribution in [0.25, 0.3) is 0 Å². The minimum Gasteiger partial charge on any atom is -0.378 e. The number of anilines is 2. The third kappa shape index (κ3) is 3.89. The van der Waals surface area contributed by atoms with Gasteiger partial charge in [-0.3, -0.25) is 4.79 Å². The molecular weight excluding hydrogens is 356 g/mol. The van der Waals surface area contributed by atoms with Crippen LogP contribution in [0.1, 0.15) is 77.2 Å². The van der Waals surface area contributed by atoms with E-state index in [1.165, 1.54) is 36.1 Å². The highest BCUT2D eigenvalue weighted by Gasteiger charge is 2.53. The standard InChI is InChI=1S/C26H36N2O/c1-4-7-9-17(6-3)26-25-19-12-11-18(15-19)24(25)21-16-20(13-14-22(21)28-26)27-23(29)10-8-5-2/h6-7,9,13-14,16,18-19,24-26,28H,4-5,8,10-12,15H2,1-3H3,(H,27,29)/b9-7-,17-6+. The highest BCUT2D eigenvalue weighted by molar-refractivity contribution is 5.91. The molecule has 2 N–H and O–H groups in total. The molecule has 0 aromatic heterocycles. The van der Waals surface area contributed by atoms with Crippen LogP contribution in [0.3, 0.4) is 0 Å². The Labute approximate surface area is 176 Å². The smallest absolute Gasteiger partial charge is 0.224 e. The Morgan fingerprint density at radius 3 is 2.83 bits per heavy atom. The summed E-state index contributed by atoms with van der Waals surface area (Å²) >= 11 is 0. The van der Waals surface area contributed by atoms with E-state index in [0.29, 0.717) is 24.3 Å². The lowest BCUT2D eigenvalue weighted by Crippen LogP contribution is -2.42. The fourth-order valence-electron chi connectivity index (χ4n) is 6.09. The van der Waals surface area contributed by atoms with E-state index in [-0.39, 0.29) is 5.91 Å². The molecule has 0 radical (unpaired) electrons. The van der Waals surface area contributed by atoms with Crippen LogP contribution in [0.15, 0.2) is 42.0 Å². The molecule has 2 aliphatic carbocycles. The van der Waals surface area contributed by atoms with Gasteiger partial charge in [-0.25, -0.2) is 0 Å². The number of benzene rings is 1. The number of rotatable bonds is 7. The molecule has 0 saturated heterocycles. The molecule has 5 unspecified atom stereocenters. The lowest BCUT2D eigenvalue weighted by molar-refractivity contribution is -0.116. The van der Waals surface area contributed by atoms with Gasteiger partial charge in [-0.15, -0.1) is 0 Å². The Morgan fingerprint density at radius 2 is 2.07 bits per heavy atom. The maximum Gasteiger partial charge on any atom is 0.224 e. The molecule has 2 bridgehead atoms. The zero-order chi connectivity index (χ0) is 20.4. The lowest BCUT2D eigenvalue weighted by atomic mass is 9.67. The maximum atomic E-state index is 12.2. The minimum atomic E-state index is 0.138. The quantitative estimate of drug-likeness (QED) is 0.510. The van der Waals surface area contributed by atoms with Crippen LogP contribution in [-0.2, 0) is 4.79 Å². The second-order valence-corrected chi connectivity index (χ2v) is 9.11. The van der Waals surface area contributed by atoms with Gasteiger partial charge in [0.15, 0.2) is 0 Å². The molecule has 2 saturated carbocycles. The third-order valence-electron chi connectivity index (χ3n) is 7.37. The number of amides is 1. The normalized spacial score (nSPS) is 30.2. The molecular formula is C26H36N2O. The molecule has 4 rings (SSSR count). The first-order valence-corrected chi connectivity index (χ1v) is 11.7. The van der Waals surface area contributed by atoms with Crippen molar-refractivity contribution in [3.05, 3.63) is 47.6 Å². The molecule has 1 amide bonds. The van der Waals surface area contributed by atoms with Crippen molar-refractivity contribution < 1.29 is 4.79 Å². The number of hydrogen-bond acceptors (Lipinski definition) is 2. The van der Waals surface area contributed by atoms with Gasteiger partial charge in [0.25, 0.3) is 0 Å². The van der Waals surface area contributed by atoms with E-state index in [9.17, 15) is 4.79 Å². The van der Waals surface area contributed by atoms with Gasteiger partial charge in [-0.2, -0.15) is 0 Å². The molecule has 1 heterocycles. The molecule has 3 heteroatoms. The van der Waals surface area contributed by atoms with Crippen molar-refractivity contribution in [1.82, 2.24) is 0 Å². The van der Waals surface area contributed by atoms with Gasteiger partial charge in [-0.05, 0) is 92.0 Å². The SMILES string of the molecule is C/C=C(\C=C/CC)C1Nc2ccc(NC(=O)CCCC)cc2C2C3CCC(C3)C12. The molecule has 0 spiro atoms. The maximum absolute atomic E-state index is 12.2. The summed E-state index contributed by atoms with van der Waals surface area (Å²) in [4.78, 5) is 12.2. The molecule has 3 aliphatic rings. The zero-order valence-electron chi connectivity index (χ0n) is 18.2. The Kier molecular flexibility index (Phi) is 6.12. The van der Waals surface area contributed by atoms with Crippen LogP contribution in [-0.4, -0.2) is 11.9 Å². The lowest BCUT2D eigenvalue weighted by Gasteiger charge is -2.44. The number of hydrogen-bond donors (Lipinski definition) is 2. The average Bonchev–Trinajstić information content (AvgIpc) is 3.35. The molecule has 5 atom stereocenters. The van der Waals surface area contributed by atoms with E-state index in [1.54, 1.807) is 0 Å². The van der Waals surface area contributed by atoms with E-state index < -0.39 is 0 Å². The summed E-state index contributed by atoms with van der Waals surface area (Å²) in [5.74, 6) is 3.04. The van der Waals surface area contributed by atoms with Crippen LogP contribution < -0.4 is 10.6 Å². The molecule has 1 aromatic rings. The zero-order valence-corrected chi connectivity index (χ0v) is 18.2. The van der Waals surface area contributed by atoms with Gasteiger partial charge >= 0.3 is 0 Å². The van der Waals surface area contributed by atoms with E-state index >= 15 is 0 Å². The summed E-state index contributed by atoms with van der Waals surface area (Å²) < 4.78 is 0. The van der Waals surface area contributed by atoms with Crippen molar-refractivity contribution in [3.63, 3.8) is 0 Å². The number of nitrogens with one attached hydrogen (secondary N) is 2. The Hall–Kier alpha value is -2.03. The first kappa shape index (κ1) is 20.3. The second-order valence-electron chi connectivity index (χ2n) is 9.11. The number of fused-ring (bicyclic) bond motifs is 7. The summed E-state index contributed by atoms with van der Waals surface area (Å²) in [7, 11) is 0. The van der Waals surface area contributed by atoms with Crippen LogP contribution >= 0.6 is 0 Å². The third-order valence-corrected chi connectivity index (χ3v) is 7.37. The summed E-state index contributed by atoms with van der Waals surface area (Å²) in [6, 6.07) is 6.92. The number of carbonyl (C=O) groups is 1. The van der Waals surface area contributed by atoms with E-state index in [2.05, 4.69) is 67.8 Å². The largest absolute Gasteiger partial charge is 0.378 e.